The largest absolute Gasteiger partial charge is 0.349 e. The van der Waals surface area contributed by atoms with Crippen LogP contribution < -0.4 is 5.32 Å². The highest BCUT2D eigenvalue weighted by molar-refractivity contribution is 7.18. The highest BCUT2D eigenvalue weighted by atomic mass is 32.1. The summed E-state index contributed by atoms with van der Waals surface area (Å²) >= 11 is 1.69. The minimum atomic E-state index is 0.145. The van der Waals surface area contributed by atoms with Crippen molar-refractivity contribution in [3.8, 4) is 0 Å². The van der Waals surface area contributed by atoms with Crippen molar-refractivity contribution in [2.75, 3.05) is 20.6 Å². The molecule has 0 aliphatic carbocycles. The number of aromatic nitrogens is 1. The molecule has 0 aliphatic rings. The molecule has 1 aromatic carbocycles. The molecule has 0 bridgehead atoms. The standard InChI is InChI=1S/C13H17N3OS/c1-16(2)13(17)7-8-14-9-12-15-10-5-3-4-6-11(10)18-12/h3-6,14H,7-9H2,1-2H3. The molecular formula is C13H17N3OS. The quantitative estimate of drug-likeness (QED) is 0.838. The second-order valence-corrected chi connectivity index (χ2v) is 5.41. The van der Waals surface area contributed by atoms with Crippen molar-refractivity contribution in [2.45, 2.75) is 13.0 Å². The van der Waals surface area contributed by atoms with Crippen LogP contribution in [0.3, 0.4) is 0 Å². The van der Waals surface area contributed by atoms with Crippen molar-refractivity contribution in [2.24, 2.45) is 0 Å². The van der Waals surface area contributed by atoms with Crippen LogP contribution in [0.5, 0.6) is 0 Å². The van der Waals surface area contributed by atoms with E-state index in [4.69, 9.17) is 0 Å². The molecule has 0 spiro atoms. The second-order valence-electron chi connectivity index (χ2n) is 4.29. The molecule has 1 N–H and O–H groups in total. The minimum Gasteiger partial charge on any atom is -0.349 e. The number of carbonyl (C=O) groups is 1. The van der Waals surface area contributed by atoms with Crippen LogP contribution in [0.1, 0.15) is 11.4 Å². The van der Waals surface area contributed by atoms with Gasteiger partial charge in [0.2, 0.25) is 5.91 Å². The molecule has 0 unspecified atom stereocenters. The molecule has 96 valence electrons. The zero-order valence-corrected chi connectivity index (χ0v) is 11.5. The van der Waals surface area contributed by atoms with Crippen LogP contribution in [-0.4, -0.2) is 36.4 Å². The van der Waals surface area contributed by atoms with Crippen molar-refractivity contribution in [3.63, 3.8) is 0 Å². The predicted molar refractivity (Wildman–Crippen MR) is 74.6 cm³/mol. The van der Waals surface area contributed by atoms with Crippen LogP contribution in [-0.2, 0) is 11.3 Å². The van der Waals surface area contributed by atoms with E-state index in [1.165, 1.54) is 4.70 Å². The van der Waals surface area contributed by atoms with Crippen LogP contribution in [0.25, 0.3) is 10.2 Å². The fourth-order valence-electron chi connectivity index (χ4n) is 1.61. The maximum Gasteiger partial charge on any atom is 0.223 e. The fourth-order valence-corrected chi connectivity index (χ4v) is 2.55. The van der Waals surface area contributed by atoms with Crippen molar-refractivity contribution in [1.82, 2.24) is 15.2 Å². The first kappa shape index (κ1) is 13.0. The van der Waals surface area contributed by atoms with E-state index in [0.717, 1.165) is 17.1 Å². The molecule has 0 atom stereocenters. The van der Waals surface area contributed by atoms with Gasteiger partial charge in [-0.05, 0) is 12.1 Å². The molecule has 1 amide bonds. The van der Waals surface area contributed by atoms with Crippen LogP contribution in [0.2, 0.25) is 0 Å². The van der Waals surface area contributed by atoms with E-state index in [9.17, 15) is 4.79 Å². The van der Waals surface area contributed by atoms with Crippen LogP contribution in [0, 0.1) is 0 Å². The van der Waals surface area contributed by atoms with E-state index in [-0.39, 0.29) is 5.91 Å². The third kappa shape index (κ3) is 3.27. The van der Waals surface area contributed by atoms with E-state index in [0.29, 0.717) is 13.0 Å². The monoisotopic (exact) mass is 263 g/mol. The fraction of sp³-hybridized carbons (Fsp3) is 0.385. The average molecular weight is 263 g/mol. The molecule has 5 heteroatoms. The third-order valence-electron chi connectivity index (χ3n) is 2.63. The lowest BCUT2D eigenvalue weighted by Crippen LogP contribution is -2.26. The highest BCUT2D eigenvalue weighted by Gasteiger charge is 2.04. The summed E-state index contributed by atoms with van der Waals surface area (Å²) in [6.45, 7) is 1.41. The van der Waals surface area contributed by atoms with Gasteiger partial charge in [0.05, 0.1) is 10.2 Å². The summed E-state index contributed by atoms with van der Waals surface area (Å²) < 4.78 is 1.21. The Morgan fingerprint density at radius 2 is 2.17 bits per heavy atom. The Morgan fingerprint density at radius 1 is 1.39 bits per heavy atom. The molecule has 4 nitrogen and oxygen atoms in total. The summed E-state index contributed by atoms with van der Waals surface area (Å²) in [7, 11) is 3.55. The first-order valence-electron chi connectivity index (χ1n) is 5.92. The van der Waals surface area contributed by atoms with Crippen LogP contribution in [0.4, 0.5) is 0 Å². The lowest BCUT2D eigenvalue weighted by molar-refractivity contribution is -0.128. The maximum atomic E-state index is 11.4. The Hall–Kier alpha value is -1.46. The molecule has 0 saturated heterocycles. The highest BCUT2D eigenvalue weighted by Crippen LogP contribution is 2.21. The van der Waals surface area contributed by atoms with Gasteiger partial charge in [-0.2, -0.15) is 0 Å². The van der Waals surface area contributed by atoms with E-state index in [1.807, 2.05) is 18.2 Å². The summed E-state index contributed by atoms with van der Waals surface area (Å²) in [5.74, 6) is 0.145. The molecule has 18 heavy (non-hydrogen) atoms. The molecular weight excluding hydrogens is 246 g/mol. The lowest BCUT2D eigenvalue weighted by atomic mass is 10.3. The van der Waals surface area contributed by atoms with E-state index < -0.39 is 0 Å². The second kappa shape index (κ2) is 5.93. The Labute approximate surface area is 111 Å². The summed E-state index contributed by atoms with van der Waals surface area (Å²) in [5, 5.41) is 4.31. The van der Waals surface area contributed by atoms with Crippen LogP contribution in [0.15, 0.2) is 24.3 Å². The van der Waals surface area contributed by atoms with Gasteiger partial charge in [-0.3, -0.25) is 4.79 Å². The van der Waals surface area contributed by atoms with E-state index >= 15 is 0 Å². The number of nitrogens with one attached hydrogen (secondary N) is 1. The van der Waals surface area contributed by atoms with Crippen molar-refractivity contribution in [3.05, 3.63) is 29.3 Å². The van der Waals surface area contributed by atoms with Gasteiger partial charge in [-0.25, -0.2) is 4.98 Å². The number of thiazole rings is 1. The molecule has 0 radical (unpaired) electrons. The van der Waals surface area contributed by atoms with Gasteiger partial charge < -0.3 is 10.2 Å². The zero-order valence-electron chi connectivity index (χ0n) is 10.6. The normalized spacial score (nSPS) is 10.8. The Morgan fingerprint density at radius 3 is 2.89 bits per heavy atom. The van der Waals surface area contributed by atoms with Gasteiger partial charge >= 0.3 is 0 Å². The van der Waals surface area contributed by atoms with Gasteiger partial charge in [0.1, 0.15) is 5.01 Å². The van der Waals surface area contributed by atoms with E-state index in [2.05, 4.69) is 16.4 Å². The Kier molecular flexibility index (Phi) is 4.28. The zero-order chi connectivity index (χ0) is 13.0. The molecule has 1 aromatic heterocycles. The van der Waals surface area contributed by atoms with Gasteiger partial charge in [0.15, 0.2) is 0 Å². The molecule has 1 heterocycles. The number of carbonyl (C=O) groups excluding carboxylic acids is 1. The van der Waals surface area contributed by atoms with Gasteiger partial charge in [0, 0.05) is 33.6 Å². The number of hydrogen-bond acceptors (Lipinski definition) is 4. The number of hydrogen-bond donors (Lipinski definition) is 1. The Balaban J connectivity index is 1.82. The number of para-hydroxylation sites is 1. The van der Waals surface area contributed by atoms with Crippen molar-refractivity contribution < 1.29 is 4.79 Å². The van der Waals surface area contributed by atoms with Gasteiger partial charge in [-0.1, -0.05) is 12.1 Å². The van der Waals surface area contributed by atoms with E-state index in [1.54, 1.807) is 30.3 Å². The van der Waals surface area contributed by atoms with Crippen molar-refractivity contribution in [1.29, 1.82) is 0 Å². The van der Waals surface area contributed by atoms with Crippen LogP contribution >= 0.6 is 11.3 Å². The Bertz CT molecular complexity index is 503. The summed E-state index contributed by atoms with van der Waals surface area (Å²) in [6.07, 6.45) is 0.526. The average Bonchev–Trinajstić information content (AvgIpc) is 2.76. The molecule has 2 aromatic rings. The summed E-state index contributed by atoms with van der Waals surface area (Å²) in [5.41, 5.74) is 1.05. The van der Waals surface area contributed by atoms with Crippen molar-refractivity contribution >= 4 is 27.5 Å². The SMILES string of the molecule is CN(C)C(=O)CCNCc1nc2ccccc2s1. The molecule has 2 rings (SSSR count). The van der Waals surface area contributed by atoms with Gasteiger partial charge in [-0.15, -0.1) is 11.3 Å². The number of amides is 1. The lowest BCUT2D eigenvalue weighted by Gasteiger charge is -2.09. The first-order chi connectivity index (χ1) is 8.66. The number of rotatable bonds is 5. The maximum absolute atomic E-state index is 11.4. The summed E-state index contributed by atoms with van der Waals surface area (Å²) in [6, 6.07) is 8.11. The molecule has 0 saturated carbocycles. The molecule has 0 aliphatic heterocycles. The third-order valence-corrected chi connectivity index (χ3v) is 3.67. The number of benzene rings is 1. The first-order valence-corrected chi connectivity index (χ1v) is 6.74. The number of fused-ring (bicyclic) bond motifs is 1. The van der Waals surface area contributed by atoms with Gasteiger partial charge in [0.25, 0.3) is 0 Å². The smallest absolute Gasteiger partial charge is 0.223 e. The topological polar surface area (TPSA) is 45.2 Å². The molecule has 0 fully saturated rings. The number of nitrogens with zero attached hydrogens (tertiary/aromatic N) is 2. The summed E-state index contributed by atoms with van der Waals surface area (Å²) in [4.78, 5) is 17.5. The minimum absolute atomic E-state index is 0.145. The predicted octanol–water partition coefficient (Wildman–Crippen LogP) is 1.86.